The van der Waals surface area contributed by atoms with E-state index in [1.54, 1.807) is 18.3 Å². The molecule has 1 unspecified atom stereocenters. The van der Waals surface area contributed by atoms with Gasteiger partial charge in [-0.2, -0.15) is 0 Å². The first-order chi connectivity index (χ1) is 9.15. The summed E-state index contributed by atoms with van der Waals surface area (Å²) in [6.07, 6.45) is 3.30. The number of aromatic nitrogens is 1. The molecule has 3 rings (SSSR count). The van der Waals surface area contributed by atoms with Gasteiger partial charge >= 0.3 is 0 Å². The smallest absolute Gasteiger partial charge is 0.256 e. The number of carbonyl (C=O) groups excluding carboxylic acids is 1. The number of anilines is 1. The Kier molecular flexibility index (Phi) is 3.02. The summed E-state index contributed by atoms with van der Waals surface area (Å²) in [5.74, 6) is -0.251. The maximum absolute atomic E-state index is 11.9. The number of nitrogens with zero attached hydrogens (tertiary/aromatic N) is 1. The lowest BCUT2D eigenvalue weighted by atomic mass is 10.1. The Hall–Kier alpha value is -1.83. The number of thiazole rings is 1. The molecule has 96 valence electrons. The van der Waals surface area contributed by atoms with Gasteiger partial charge in [-0.15, -0.1) is 11.3 Å². The highest BCUT2D eigenvalue weighted by molar-refractivity contribution is 7.79. The first kappa shape index (κ1) is 12.2. The zero-order valence-corrected chi connectivity index (χ0v) is 11.1. The fourth-order valence-corrected chi connectivity index (χ4v) is 2.81. The number of fused-ring (bicyclic) bond motifs is 1. The number of rotatable bonds is 2. The molecule has 1 amide bonds. The van der Waals surface area contributed by atoms with Crippen LogP contribution in [0.1, 0.15) is 10.6 Å². The monoisotopic (exact) mass is 291 g/mol. The quantitative estimate of drug-likeness (QED) is 0.676. The van der Waals surface area contributed by atoms with Crippen molar-refractivity contribution in [1.82, 2.24) is 4.98 Å². The van der Waals surface area contributed by atoms with Crippen molar-refractivity contribution in [2.24, 2.45) is 0 Å². The molecule has 1 N–H and O–H groups in total. The van der Waals surface area contributed by atoms with E-state index in [0.717, 1.165) is 0 Å². The van der Waals surface area contributed by atoms with E-state index in [1.165, 1.54) is 23.5 Å². The molecule has 0 aliphatic carbocycles. The lowest BCUT2D eigenvalue weighted by Crippen LogP contribution is -2.03. The number of hydrogen-bond acceptors (Lipinski definition) is 5. The summed E-state index contributed by atoms with van der Waals surface area (Å²) in [7, 11) is 0. The Bertz CT molecular complexity index is 708. The van der Waals surface area contributed by atoms with E-state index in [4.69, 9.17) is 0 Å². The number of nitrogens with one attached hydrogen (secondary N) is 1. The minimum Gasteiger partial charge on any atom is -0.768 e. The molecule has 1 atom stereocenters. The molecule has 1 aliphatic heterocycles. The van der Waals surface area contributed by atoms with Crippen LogP contribution in [0.2, 0.25) is 0 Å². The number of amides is 1. The summed E-state index contributed by atoms with van der Waals surface area (Å²) < 4.78 is 21.9. The topological polar surface area (TPSA) is 82.1 Å². The van der Waals surface area contributed by atoms with E-state index in [-0.39, 0.29) is 10.8 Å². The van der Waals surface area contributed by atoms with Gasteiger partial charge in [0, 0.05) is 27.7 Å². The maximum atomic E-state index is 11.9. The van der Waals surface area contributed by atoms with Gasteiger partial charge in [0.1, 0.15) is 5.01 Å². The second-order valence-corrected chi connectivity index (χ2v) is 5.69. The Labute approximate surface area is 115 Å². The first-order valence-electron chi connectivity index (χ1n) is 5.31. The van der Waals surface area contributed by atoms with Gasteiger partial charge in [-0.1, -0.05) is 0 Å². The summed E-state index contributed by atoms with van der Waals surface area (Å²) in [4.78, 5) is 16.1. The molecule has 5 nitrogen and oxygen atoms in total. The third-order valence-corrected chi connectivity index (χ3v) is 4.05. The molecule has 0 spiro atoms. The molecule has 2 aromatic rings. The van der Waals surface area contributed by atoms with Crippen molar-refractivity contribution in [2.45, 2.75) is 4.90 Å². The number of hydrogen-bond donors (Lipinski definition) is 1. The lowest BCUT2D eigenvalue weighted by molar-refractivity contribution is -0.110. The molecule has 0 radical (unpaired) electrons. The molecule has 7 heteroatoms. The maximum Gasteiger partial charge on any atom is 0.256 e. The summed E-state index contributed by atoms with van der Waals surface area (Å²) in [6.45, 7) is 0. The highest BCUT2D eigenvalue weighted by Crippen LogP contribution is 2.34. The van der Waals surface area contributed by atoms with Crippen molar-refractivity contribution in [2.75, 3.05) is 5.32 Å². The molecule has 1 aliphatic rings. The van der Waals surface area contributed by atoms with Crippen molar-refractivity contribution in [1.29, 1.82) is 0 Å². The predicted molar refractivity (Wildman–Crippen MR) is 72.2 cm³/mol. The van der Waals surface area contributed by atoms with Crippen LogP contribution in [-0.4, -0.2) is 19.7 Å². The van der Waals surface area contributed by atoms with Crippen molar-refractivity contribution < 1.29 is 13.6 Å². The van der Waals surface area contributed by atoms with Crippen LogP contribution in [-0.2, 0) is 15.9 Å². The van der Waals surface area contributed by atoms with Crippen molar-refractivity contribution in [3.8, 4) is 0 Å². The average molecular weight is 291 g/mol. The normalized spacial score (nSPS) is 17.3. The Balaban J connectivity index is 2.12. The van der Waals surface area contributed by atoms with Crippen LogP contribution in [0.4, 0.5) is 5.69 Å². The molecular formula is C12H7N2O3S2-. The van der Waals surface area contributed by atoms with Crippen LogP contribution < -0.4 is 5.32 Å². The molecule has 0 saturated carbocycles. The van der Waals surface area contributed by atoms with Crippen LogP contribution in [0.25, 0.3) is 11.6 Å². The minimum atomic E-state index is -2.32. The van der Waals surface area contributed by atoms with E-state index >= 15 is 0 Å². The highest BCUT2D eigenvalue weighted by atomic mass is 32.2. The highest BCUT2D eigenvalue weighted by Gasteiger charge is 2.24. The summed E-state index contributed by atoms with van der Waals surface area (Å²) in [5, 5.41) is 5.20. The van der Waals surface area contributed by atoms with E-state index in [0.29, 0.717) is 21.8 Å². The van der Waals surface area contributed by atoms with Crippen LogP contribution in [0, 0.1) is 0 Å². The summed E-state index contributed by atoms with van der Waals surface area (Å²) in [6, 6.07) is 4.52. The largest absolute Gasteiger partial charge is 0.768 e. The average Bonchev–Trinajstić information content (AvgIpc) is 2.98. The Morgan fingerprint density at radius 1 is 1.42 bits per heavy atom. The Morgan fingerprint density at radius 2 is 2.26 bits per heavy atom. The van der Waals surface area contributed by atoms with Crippen molar-refractivity contribution in [3.05, 3.63) is 40.3 Å². The van der Waals surface area contributed by atoms with Gasteiger partial charge in [0.2, 0.25) is 0 Å². The van der Waals surface area contributed by atoms with Crippen LogP contribution in [0.3, 0.4) is 0 Å². The molecule has 0 bridgehead atoms. The molecule has 0 saturated heterocycles. The van der Waals surface area contributed by atoms with Crippen LogP contribution in [0.5, 0.6) is 0 Å². The summed E-state index contributed by atoms with van der Waals surface area (Å²) >= 11 is -0.908. The minimum absolute atomic E-state index is 0.153. The molecular weight excluding hydrogens is 284 g/mol. The molecule has 19 heavy (non-hydrogen) atoms. The fraction of sp³-hybridized carbons (Fsp3) is 0. The molecule has 0 fully saturated rings. The van der Waals surface area contributed by atoms with Crippen molar-refractivity contribution in [3.63, 3.8) is 0 Å². The SMILES string of the molecule is O=C1Nc2ccc(S(=O)[O-])cc2/C1=C\c1nccs1. The fourth-order valence-electron chi connectivity index (χ4n) is 1.84. The Morgan fingerprint density at radius 3 is 2.95 bits per heavy atom. The van der Waals surface area contributed by atoms with Gasteiger partial charge in [-0.3, -0.25) is 9.00 Å². The number of benzene rings is 1. The second-order valence-electron chi connectivity index (χ2n) is 3.82. The van der Waals surface area contributed by atoms with Crippen molar-refractivity contribution >= 4 is 45.7 Å². The zero-order valence-electron chi connectivity index (χ0n) is 9.45. The van der Waals surface area contributed by atoms with Crippen LogP contribution >= 0.6 is 11.3 Å². The lowest BCUT2D eigenvalue weighted by Gasteiger charge is -2.06. The van der Waals surface area contributed by atoms with E-state index in [1.807, 2.05) is 5.38 Å². The predicted octanol–water partition coefficient (Wildman–Crippen LogP) is 1.87. The molecule has 2 heterocycles. The molecule has 1 aromatic carbocycles. The second kappa shape index (κ2) is 4.69. The van der Waals surface area contributed by atoms with Gasteiger partial charge in [-0.05, 0) is 35.4 Å². The third kappa shape index (κ3) is 2.23. The van der Waals surface area contributed by atoms with Gasteiger partial charge in [0.25, 0.3) is 5.91 Å². The van der Waals surface area contributed by atoms with Gasteiger partial charge in [0.05, 0.1) is 5.57 Å². The molecule has 1 aromatic heterocycles. The first-order valence-corrected chi connectivity index (χ1v) is 7.27. The van der Waals surface area contributed by atoms with E-state index in [2.05, 4.69) is 10.3 Å². The van der Waals surface area contributed by atoms with Gasteiger partial charge in [-0.25, -0.2) is 4.98 Å². The zero-order chi connectivity index (χ0) is 13.4. The third-order valence-electron chi connectivity index (χ3n) is 2.69. The number of carbonyl (C=O) groups is 1. The standard InChI is InChI=1S/C12H8N2O3S2/c15-12-9(6-11-13-3-4-18-11)8-5-7(19(16)17)1-2-10(8)14-12/h1-6H,(H,14,15)(H,16,17)/p-1/b9-6+. The van der Waals surface area contributed by atoms with Crippen LogP contribution in [0.15, 0.2) is 34.7 Å². The van der Waals surface area contributed by atoms with E-state index < -0.39 is 11.1 Å². The van der Waals surface area contributed by atoms with Gasteiger partial charge in [0.15, 0.2) is 0 Å². The van der Waals surface area contributed by atoms with E-state index in [9.17, 15) is 13.6 Å². The van der Waals surface area contributed by atoms with Gasteiger partial charge < -0.3 is 9.87 Å². The summed E-state index contributed by atoms with van der Waals surface area (Å²) in [5.41, 5.74) is 1.63.